The van der Waals surface area contributed by atoms with Gasteiger partial charge in [0.25, 0.3) is 5.56 Å². The quantitative estimate of drug-likeness (QED) is 0.577. The van der Waals surface area contributed by atoms with Gasteiger partial charge in [0.1, 0.15) is 12.4 Å². The third-order valence-electron chi connectivity index (χ3n) is 4.40. The molecule has 0 aliphatic carbocycles. The van der Waals surface area contributed by atoms with Crippen LogP contribution in [-0.2, 0) is 6.61 Å². The van der Waals surface area contributed by atoms with Crippen LogP contribution in [-0.4, -0.2) is 36.7 Å². The summed E-state index contributed by atoms with van der Waals surface area (Å²) in [5, 5.41) is 3.40. The van der Waals surface area contributed by atoms with Crippen LogP contribution >= 0.6 is 0 Å². The monoisotopic (exact) mass is 377 g/mol. The Balaban J connectivity index is 1.59. The summed E-state index contributed by atoms with van der Waals surface area (Å²) in [6, 6.07) is 21.1. The number of hydrogen-bond acceptors (Lipinski definition) is 4. The van der Waals surface area contributed by atoms with Crippen LogP contribution in [0.3, 0.4) is 0 Å². The second-order valence-corrected chi connectivity index (χ2v) is 6.98. The molecule has 1 aromatic heterocycles. The SMILES string of the molecule is CN(C)CCCNc1ccc(-n2ccc(OCc3ccccc3)cc2=O)cc1. The summed E-state index contributed by atoms with van der Waals surface area (Å²) >= 11 is 0. The molecule has 0 saturated carbocycles. The van der Waals surface area contributed by atoms with Gasteiger partial charge >= 0.3 is 0 Å². The number of pyridine rings is 1. The Bertz CT molecular complexity index is 919. The van der Waals surface area contributed by atoms with Crippen molar-refractivity contribution >= 4 is 5.69 Å². The summed E-state index contributed by atoms with van der Waals surface area (Å²) < 4.78 is 7.34. The highest BCUT2D eigenvalue weighted by atomic mass is 16.5. The first-order chi connectivity index (χ1) is 13.6. The van der Waals surface area contributed by atoms with E-state index >= 15 is 0 Å². The van der Waals surface area contributed by atoms with Gasteiger partial charge in [0.15, 0.2) is 0 Å². The van der Waals surface area contributed by atoms with Gasteiger partial charge in [-0.2, -0.15) is 0 Å². The summed E-state index contributed by atoms with van der Waals surface area (Å²) in [4.78, 5) is 14.6. The lowest BCUT2D eigenvalue weighted by atomic mass is 10.2. The zero-order valence-corrected chi connectivity index (χ0v) is 16.5. The molecule has 0 saturated heterocycles. The zero-order chi connectivity index (χ0) is 19.8. The number of nitrogens with zero attached hydrogens (tertiary/aromatic N) is 2. The van der Waals surface area contributed by atoms with Crippen molar-refractivity contribution in [2.24, 2.45) is 0 Å². The van der Waals surface area contributed by atoms with E-state index in [1.54, 1.807) is 10.8 Å². The molecule has 146 valence electrons. The summed E-state index contributed by atoms with van der Waals surface area (Å²) in [5.41, 5.74) is 2.84. The first-order valence-corrected chi connectivity index (χ1v) is 9.50. The van der Waals surface area contributed by atoms with Gasteiger partial charge < -0.3 is 15.0 Å². The lowest BCUT2D eigenvalue weighted by molar-refractivity contribution is 0.305. The smallest absolute Gasteiger partial charge is 0.258 e. The normalized spacial score (nSPS) is 10.8. The molecule has 0 unspecified atom stereocenters. The highest BCUT2D eigenvalue weighted by Crippen LogP contribution is 2.15. The Morgan fingerprint density at radius 1 is 1.00 bits per heavy atom. The average molecular weight is 377 g/mol. The highest BCUT2D eigenvalue weighted by molar-refractivity contribution is 5.49. The minimum absolute atomic E-state index is 0.114. The van der Waals surface area contributed by atoms with E-state index in [1.165, 1.54) is 6.07 Å². The van der Waals surface area contributed by atoms with E-state index < -0.39 is 0 Å². The van der Waals surface area contributed by atoms with Crippen molar-refractivity contribution < 1.29 is 4.74 Å². The van der Waals surface area contributed by atoms with Crippen LogP contribution in [0, 0.1) is 0 Å². The summed E-state index contributed by atoms with van der Waals surface area (Å²) in [7, 11) is 4.15. The first-order valence-electron chi connectivity index (χ1n) is 9.50. The molecule has 5 nitrogen and oxygen atoms in total. The molecular formula is C23H27N3O2. The molecular weight excluding hydrogens is 350 g/mol. The molecule has 0 aliphatic rings. The lowest BCUT2D eigenvalue weighted by Crippen LogP contribution is -2.17. The van der Waals surface area contributed by atoms with Crippen molar-refractivity contribution in [3.05, 3.63) is 88.8 Å². The van der Waals surface area contributed by atoms with E-state index in [-0.39, 0.29) is 5.56 Å². The third-order valence-corrected chi connectivity index (χ3v) is 4.40. The highest BCUT2D eigenvalue weighted by Gasteiger charge is 2.03. The van der Waals surface area contributed by atoms with Gasteiger partial charge in [-0.15, -0.1) is 0 Å². The van der Waals surface area contributed by atoms with Gasteiger partial charge in [-0.25, -0.2) is 0 Å². The molecule has 0 amide bonds. The van der Waals surface area contributed by atoms with Crippen LogP contribution in [0.2, 0.25) is 0 Å². The van der Waals surface area contributed by atoms with Gasteiger partial charge in [-0.1, -0.05) is 30.3 Å². The second-order valence-electron chi connectivity index (χ2n) is 6.98. The Morgan fingerprint density at radius 2 is 1.75 bits per heavy atom. The standard InChI is InChI=1S/C23H27N3O2/c1-25(2)15-6-14-24-20-9-11-21(12-10-20)26-16-13-22(17-23(26)27)28-18-19-7-4-3-5-8-19/h3-5,7-13,16-17,24H,6,14-15,18H2,1-2H3. The summed E-state index contributed by atoms with van der Waals surface area (Å²) in [6.45, 7) is 2.42. The van der Waals surface area contributed by atoms with Gasteiger partial charge in [-0.05, 0) is 63.0 Å². The molecule has 0 atom stereocenters. The van der Waals surface area contributed by atoms with E-state index in [0.717, 1.165) is 36.4 Å². The molecule has 0 aliphatic heterocycles. The van der Waals surface area contributed by atoms with Gasteiger partial charge in [0.2, 0.25) is 0 Å². The number of anilines is 1. The topological polar surface area (TPSA) is 46.5 Å². The largest absolute Gasteiger partial charge is 0.489 e. The van der Waals surface area contributed by atoms with Crippen molar-refractivity contribution in [2.45, 2.75) is 13.0 Å². The zero-order valence-electron chi connectivity index (χ0n) is 16.5. The van der Waals surface area contributed by atoms with Crippen molar-refractivity contribution in [2.75, 3.05) is 32.5 Å². The second kappa shape index (κ2) is 9.76. The van der Waals surface area contributed by atoms with E-state index in [9.17, 15) is 4.79 Å². The number of aromatic nitrogens is 1. The van der Waals surface area contributed by atoms with E-state index in [0.29, 0.717) is 12.4 Å². The van der Waals surface area contributed by atoms with E-state index in [1.807, 2.05) is 60.7 Å². The number of hydrogen-bond donors (Lipinski definition) is 1. The molecule has 0 bridgehead atoms. The Kier molecular flexibility index (Phi) is 6.87. The minimum Gasteiger partial charge on any atom is -0.489 e. The third kappa shape index (κ3) is 5.72. The molecule has 1 heterocycles. The van der Waals surface area contributed by atoms with Gasteiger partial charge in [0, 0.05) is 30.2 Å². The Hall–Kier alpha value is -3.05. The van der Waals surface area contributed by atoms with Crippen molar-refractivity contribution in [1.29, 1.82) is 0 Å². The molecule has 3 rings (SSSR count). The Labute approximate surface area is 166 Å². The Morgan fingerprint density at radius 3 is 2.43 bits per heavy atom. The number of ether oxygens (including phenoxy) is 1. The number of nitrogens with one attached hydrogen (secondary N) is 1. The van der Waals surface area contributed by atoms with Crippen LogP contribution in [0.25, 0.3) is 5.69 Å². The molecule has 28 heavy (non-hydrogen) atoms. The van der Waals surface area contributed by atoms with E-state index in [4.69, 9.17) is 4.74 Å². The molecule has 0 spiro atoms. The summed E-state index contributed by atoms with van der Waals surface area (Å²) in [6.07, 6.45) is 2.83. The predicted molar refractivity (Wildman–Crippen MR) is 114 cm³/mol. The van der Waals surface area contributed by atoms with Crippen molar-refractivity contribution in [3.63, 3.8) is 0 Å². The maximum Gasteiger partial charge on any atom is 0.258 e. The number of rotatable bonds is 9. The fourth-order valence-corrected chi connectivity index (χ4v) is 2.87. The van der Waals surface area contributed by atoms with Gasteiger partial charge in [0.05, 0.1) is 0 Å². The minimum atomic E-state index is -0.114. The van der Waals surface area contributed by atoms with Crippen LogP contribution in [0.1, 0.15) is 12.0 Å². The fraction of sp³-hybridized carbons (Fsp3) is 0.261. The van der Waals surface area contributed by atoms with Crippen LogP contribution in [0.4, 0.5) is 5.69 Å². The average Bonchev–Trinajstić information content (AvgIpc) is 2.71. The van der Waals surface area contributed by atoms with Crippen molar-refractivity contribution in [1.82, 2.24) is 9.47 Å². The molecule has 3 aromatic rings. The summed E-state index contributed by atoms with van der Waals surface area (Å²) in [5.74, 6) is 0.573. The molecule has 0 fully saturated rings. The molecule has 1 N–H and O–H groups in total. The first kappa shape index (κ1) is 19.7. The molecule has 5 heteroatoms. The van der Waals surface area contributed by atoms with E-state index in [2.05, 4.69) is 24.3 Å². The van der Waals surface area contributed by atoms with Crippen LogP contribution in [0.15, 0.2) is 77.7 Å². The van der Waals surface area contributed by atoms with Crippen molar-refractivity contribution in [3.8, 4) is 11.4 Å². The maximum absolute atomic E-state index is 12.5. The fourth-order valence-electron chi connectivity index (χ4n) is 2.87. The molecule has 2 aromatic carbocycles. The predicted octanol–water partition coefficient (Wildman–Crippen LogP) is 3.78. The maximum atomic E-state index is 12.5. The number of benzene rings is 2. The van der Waals surface area contributed by atoms with Crippen LogP contribution in [0.5, 0.6) is 5.75 Å². The molecule has 0 radical (unpaired) electrons. The van der Waals surface area contributed by atoms with Crippen LogP contribution < -0.4 is 15.6 Å². The van der Waals surface area contributed by atoms with Gasteiger partial charge in [-0.3, -0.25) is 9.36 Å². The lowest BCUT2D eigenvalue weighted by Gasteiger charge is -2.12.